The second-order valence-corrected chi connectivity index (χ2v) is 8.63. The molecule has 0 bridgehead atoms. The molecule has 5 nitrogen and oxygen atoms in total. The van der Waals surface area contributed by atoms with Crippen molar-refractivity contribution >= 4 is 28.8 Å². The molecule has 0 atom stereocenters. The summed E-state index contributed by atoms with van der Waals surface area (Å²) in [5, 5.41) is 4.78. The molecule has 2 amide bonds. The van der Waals surface area contributed by atoms with Crippen LogP contribution in [0, 0.1) is 0 Å². The van der Waals surface area contributed by atoms with E-state index >= 15 is 0 Å². The van der Waals surface area contributed by atoms with Crippen molar-refractivity contribution < 1.29 is 9.59 Å². The van der Waals surface area contributed by atoms with Gasteiger partial charge < -0.3 is 16.0 Å². The molecule has 1 aromatic heterocycles. The first-order valence-electron chi connectivity index (χ1n) is 10.7. The Labute approximate surface area is 197 Å². The first-order valence-corrected chi connectivity index (χ1v) is 11.6. The van der Waals surface area contributed by atoms with Gasteiger partial charge in [-0.2, -0.15) is 0 Å². The molecule has 0 aliphatic carbocycles. The van der Waals surface area contributed by atoms with E-state index in [-0.39, 0.29) is 11.8 Å². The van der Waals surface area contributed by atoms with Gasteiger partial charge in [-0.15, -0.1) is 11.3 Å². The van der Waals surface area contributed by atoms with E-state index in [9.17, 15) is 9.59 Å². The molecular weight excluding hydrogens is 430 g/mol. The van der Waals surface area contributed by atoms with Crippen molar-refractivity contribution in [2.75, 3.05) is 5.32 Å². The summed E-state index contributed by atoms with van der Waals surface area (Å²) in [4.78, 5) is 28.1. The van der Waals surface area contributed by atoms with Gasteiger partial charge in [0, 0.05) is 30.9 Å². The van der Waals surface area contributed by atoms with Crippen molar-refractivity contribution in [2.24, 2.45) is 5.73 Å². The van der Waals surface area contributed by atoms with Crippen LogP contribution in [0.4, 0.5) is 5.69 Å². The van der Waals surface area contributed by atoms with E-state index in [2.05, 4.69) is 5.32 Å². The molecule has 0 radical (unpaired) electrons. The molecule has 33 heavy (non-hydrogen) atoms. The number of hydrogen-bond acceptors (Lipinski definition) is 4. The molecule has 4 aromatic rings. The second-order valence-electron chi connectivity index (χ2n) is 7.68. The van der Waals surface area contributed by atoms with Gasteiger partial charge in [0.25, 0.3) is 11.8 Å². The summed E-state index contributed by atoms with van der Waals surface area (Å²) in [7, 11) is 0. The molecule has 166 valence electrons. The van der Waals surface area contributed by atoms with Crippen LogP contribution in [-0.2, 0) is 19.6 Å². The Kier molecular flexibility index (Phi) is 7.29. The second kappa shape index (κ2) is 10.7. The van der Waals surface area contributed by atoms with Crippen LogP contribution in [0.25, 0.3) is 0 Å². The third-order valence-electron chi connectivity index (χ3n) is 5.24. The summed E-state index contributed by atoms with van der Waals surface area (Å²) in [6, 6.07) is 28.5. The number of amides is 2. The standard InChI is InChI=1S/C27H25N3O2S/c28-17-21-6-4-7-22(16-21)19-30(27(32)23-8-2-1-3-9-23)18-20-11-13-24(14-12-20)29-26(31)25-10-5-15-33-25/h1-16H,17-19,28H2,(H,29,31). The largest absolute Gasteiger partial charge is 0.330 e. The molecule has 3 N–H and O–H groups in total. The quantitative estimate of drug-likeness (QED) is 0.378. The predicted octanol–water partition coefficient (Wildman–Crippen LogP) is 5.30. The molecule has 0 unspecified atom stereocenters. The van der Waals surface area contributed by atoms with Gasteiger partial charge in [0.15, 0.2) is 0 Å². The van der Waals surface area contributed by atoms with Crippen LogP contribution in [0.2, 0.25) is 0 Å². The highest BCUT2D eigenvalue weighted by Gasteiger charge is 2.17. The Bertz CT molecular complexity index is 1210. The topological polar surface area (TPSA) is 75.4 Å². The Balaban J connectivity index is 1.51. The number of nitrogens with zero attached hydrogens (tertiary/aromatic N) is 1. The van der Waals surface area contributed by atoms with Crippen LogP contribution >= 0.6 is 11.3 Å². The minimum atomic E-state index is -0.126. The highest BCUT2D eigenvalue weighted by Crippen LogP contribution is 2.18. The first-order chi connectivity index (χ1) is 16.1. The number of thiophene rings is 1. The summed E-state index contributed by atoms with van der Waals surface area (Å²) in [6.45, 7) is 1.37. The monoisotopic (exact) mass is 455 g/mol. The Morgan fingerprint density at radius 2 is 1.52 bits per heavy atom. The number of benzene rings is 3. The molecule has 4 rings (SSSR count). The van der Waals surface area contributed by atoms with E-state index in [0.717, 1.165) is 16.7 Å². The van der Waals surface area contributed by atoms with Gasteiger partial charge in [-0.3, -0.25) is 9.59 Å². The minimum absolute atomic E-state index is 0.0381. The Morgan fingerprint density at radius 3 is 2.21 bits per heavy atom. The maximum Gasteiger partial charge on any atom is 0.265 e. The summed E-state index contributed by atoms with van der Waals surface area (Å²) in [5.41, 5.74) is 10.2. The van der Waals surface area contributed by atoms with E-state index in [4.69, 9.17) is 5.73 Å². The molecule has 0 aliphatic rings. The van der Waals surface area contributed by atoms with E-state index in [1.54, 1.807) is 6.07 Å². The van der Waals surface area contributed by atoms with Crippen LogP contribution in [0.3, 0.4) is 0 Å². The van der Waals surface area contributed by atoms with Gasteiger partial charge >= 0.3 is 0 Å². The zero-order chi connectivity index (χ0) is 23.0. The number of nitrogens with one attached hydrogen (secondary N) is 1. The number of nitrogens with two attached hydrogens (primary N) is 1. The fourth-order valence-electron chi connectivity index (χ4n) is 3.55. The number of carbonyl (C=O) groups excluding carboxylic acids is 2. The van der Waals surface area contributed by atoms with Gasteiger partial charge in [0.05, 0.1) is 4.88 Å². The third kappa shape index (κ3) is 5.94. The number of rotatable bonds is 8. The molecule has 0 aliphatic heterocycles. The van der Waals surface area contributed by atoms with E-state index in [1.165, 1.54) is 11.3 Å². The average Bonchev–Trinajstić information content (AvgIpc) is 3.40. The van der Waals surface area contributed by atoms with E-state index < -0.39 is 0 Å². The molecule has 3 aromatic carbocycles. The van der Waals surface area contributed by atoms with Gasteiger partial charge in [0.1, 0.15) is 0 Å². The van der Waals surface area contributed by atoms with Gasteiger partial charge in [-0.1, -0.05) is 60.7 Å². The SMILES string of the molecule is NCc1cccc(CN(Cc2ccc(NC(=O)c3cccs3)cc2)C(=O)c2ccccc2)c1. The minimum Gasteiger partial charge on any atom is -0.330 e. The number of carbonyl (C=O) groups is 2. The zero-order valence-electron chi connectivity index (χ0n) is 18.1. The lowest BCUT2D eigenvalue weighted by molar-refractivity contribution is 0.0730. The van der Waals surface area contributed by atoms with Crippen LogP contribution < -0.4 is 11.1 Å². The summed E-state index contributed by atoms with van der Waals surface area (Å²) < 4.78 is 0. The highest BCUT2D eigenvalue weighted by atomic mass is 32.1. The van der Waals surface area contributed by atoms with Crippen LogP contribution in [0.1, 0.15) is 36.7 Å². The number of hydrogen-bond donors (Lipinski definition) is 2. The van der Waals surface area contributed by atoms with E-state index in [1.807, 2.05) is 95.2 Å². The zero-order valence-corrected chi connectivity index (χ0v) is 18.9. The molecule has 0 saturated heterocycles. The smallest absolute Gasteiger partial charge is 0.265 e. The molecule has 1 heterocycles. The molecule has 0 spiro atoms. The molecule has 6 heteroatoms. The van der Waals surface area contributed by atoms with Gasteiger partial charge in [-0.05, 0) is 52.4 Å². The summed E-state index contributed by atoms with van der Waals surface area (Å²) in [5.74, 6) is -0.165. The lowest BCUT2D eigenvalue weighted by Crippen LogP contribution is -2.30. The third-order valence-corrected chi connectivity index (χ3v) is 6.11. The van der Waals surface area contributed by atoms with E-state index in [0.29, 0.717) is 35.8 Å². The highest BCUT2D eigenvalue weighted by molar-refractivity contribution is 7.12. The van der Waals surface area contributed by atoms with Crippen LogP contribution in [0.5, 0.6) is 0 Å². The molecule has 0 saturated carbocycles. The van der Waals surface area contributed by atoms with Crippen molar-refractivity contribution in [3.05, 3.63) is 124 Å². The normalized spacial score (nSPS) is 10.6. The van der Waals surface area contributed by atoms with Crippen molar-refractivity contribution in [1.82, 2.24) is 4.90 Å². The fraction of sp³-hybridized carbons (Fsp3) is 0.111. The lowest BCUT2D eigenvalue weighted by Gasteiger charge is -2.24. The Morgan fingerprint density at radius 1 is 0.788 bits per heavy atom. The summed E-state index contributed by atoms with van der Waals surface area (Å²) >= 11 is 1.40. The maximum absolute atomic E-state index is 13.3. The maximum atomic E-state index is 13.3. The van der Waals surface area contributed by atoms with Crippen molar-refractivity contribution in [2.45, 2.75) is 19.6 Å². The number of anilines is 1. The summed E-state index contributed by atoms with van der Waals surface area (Å²) in [6.07, 6.45) is 0. The van der Waals surface area contributed by atoms with Crippen LogP contribution in [0.15, 0.2) is 96.4 Å². The van der Waals surface area contributed by atoms with Crippen molar-refractivity contribution in [3.8, 4) is 0 Å². The molecular formula is C27H25N3O2S. The Hall–Kier alpha value is -3.74. The average molecular weight is 456 g/mol. The van der Waals surface area contributed by atoms with Crippen LogP contribution in [-0.4, -0.2) is 16.7 Å². The lowest BCUT2D eigenvalue weighted by atomic mass is 10.1. The molecule has 0 fully saturated rings. The van der Waals surface area contributed by atoms with Gasteiger partial charge in [0.2, 0.25) is 0 Å². The first kappa shape index (κ1) is 22.5. The fourth-order valence-corrected chi connectivity index (χ4v) is 4.17. The predicted molar refractivity (Wildman–Crippen MR) is 133 cm³/mol. The van der Waals surface area contributed by atoms with Gasteiger partial charge in [-0.25, -0.2) is 0 Å². The van der Waals surface area contributed by atoms with Crippen molar-refractivity contribution in [3.63, 3.8) is 0 Å². The van der Waals surface area contributed by atoms with Crippen molar-refractivity contribution in [1.29, 1.82) is 0 Å².